The zero-order valence-electron chi connectivity index (χ0n) is 12.3. The molecule has 0 aromatic heterocycles. The smallest absolute Gasteiger partial charge is 0.292 e. The fraction of sp³-hybridized carbons (Fsp3) is 0.375. The Morgan fingerprint density at radius 2 is 1.65 bits per heavy atom. The summed E-state index contributed by atoms with van der Waals surface area (Å²) in [5.74, 6) is -2.17. The largest absolute Gasteiger partial charge is 0.334 e. The lowest BCUT2D eigenvalue weighted by Gasteiger charge is -2.20. The van der Waals surface area contributed by atoms with E-state index >= 15 is 0 Å². The van der Waals surface area contributed by atoms with Crippen LogP contribution >= 0.6 is 11.6 Å². The summed E-state index contributed by atoms with van der Waals surface area (Å²) in [4.78, 5) is 50.4. The number of hydrogen-bond acceptors (Lipinski definition) is 4. The van der Waals surface area contributed by atoms with Crippen LogP contribution in [0.2, 0.25) is 5.02 Å². The highest BCUT2D eigenvalue weighted by molar-refractivity contribution is 6.45. The molecule has 0 N–H and O–H groups in total. The fourth-order valence-corrected chi connectivity index (χ4v) is 3.14. The molecule has 0 spiro atoms. The summed E-state index contributed by atoms with van der Waals surface area (Å²) in [5.41, 5.74) is 0.335. The Balaban J connectivity index is 1.76. The van der Waals surface area contributed by atoms with Gasteiger partial charge in [0.25, 0.3) is 0 Å². The zero-order chi connectivity index (χ0) is 16.6. The molecule has 3 rings (SSSR count). The van der Waals surface area contributed by atoms with Crippen LogP contribution in [0.25, 0.3) is 0 Å². The molecule has 0 radical (unpaired) electrons. The van der Waals surface area contributed by atoms with Gasteiger partial charge in [0.05, 0.1) is 6.54 Å². The van der Waals surface area contributed by atoms with Crippen molar-refractivity contribution in [2.24, 2.45) is 0 Å². The van der Waals surface area contributed by atoms with Gasteiger partial charge in [0, 0.05) is 16.6 Å². The molecule has 0 atom stereocenters. The molecule has 7 heteroatoms. The molecule has 1 saturated heterocycles. The molecule has 1 aromatic carbocycles. The minimum absolute atomic E-state index is 0.227. The van der Waals surface area contributed by atoms with E-state index in [0.29, 0.717) is 23.4 Å². The molecule has 1 heterocycles. The maximum Gasteiger partial charge on any atom is 0.334 e. The second-order valence-electron chi connectivity index (χ2n) is 5.72. The van der Waals surface area contributed by atoms with E-state index in [0.717, 1.165) is 22.6 Å². The number of rotatable bonds is 4. The van der Waals surface area contributed by atoms with E-state index in [4.69, 9.17) is 11.6 Å². The van der Waals surface area contributed by atoms with Gasteiger partial charge >= 0.3 is 17.8 Å². The summed E-state index contributed by atoms with van der Waals surface area (Å²) < 4.78 is 0. The van der Waals surface area contributed by atoms with Gasteiger partial charge in [0.15, 0.2) is 5.78 Å². The van der Waals surface area contributed by atoms with Crippen LogP contribution in [0.3, 0.4) is 0 Å². The van der Waals surface area contributed by atoms with E-state index in [1.807, 2.05) is 0 Å². The van der Waals surface area contributed by atoms with Gasteiger partial charge in [-0.1, -0.05) is 24.4 Å². The number of nitrogens with zero attached hydrogens (tertiary/aromatic N) is 2. The van der Waals surface area contributed by atoms with Crippen molar-refractivity contribution in [1.82, 2.24) is 9.80 Å². The fourth-order valence-electron chi connectivity index (χ4n) is 3.02. The summed E-state index contributed by atoms with van der Waals surface area (Å²) >= 11 is 5.76. The second kappa shape index (κ2) is 6.12. The number of ketones is 1. The van der Waals surface area contributed by atoms with Crippen molar-refractivity contribution in [1.29, 1.82) is 0 Å². The SMILES string of the molecule is O=C(CN1C(=O)C(=O)N(C2CCCC2)C1=O)c1ccc(Cl)cc1. The van der Waals surface area contributed by atoms with Crippen LogP contribution in [0.15, 0.2) is 24.3 Å². The van der Waals surface area contributed by atoms with Crippen molar-refractivity contribution in [2.45, 2.75) is 31.7 Å². The molecule has 1 aromatic rings. The molecule has 1 aliphatic heterocycles. The minimum atomic E-state index is -0.927. The lowest BCUT2D eigenvalue weighted by Crippen LogP contribution is -2.41. The third-order valence-corrected chi connectivity index (χ3v) is 4.49. The number of urea groups is 1. The first kappa shape index (κ1) is 15.7. The molecular formula is C16H15ClN2O4. The predicted molar refractivity (Wildman–Crippen MR) is 82.0 cm³/mol. The van der Waals surface area contributed by atoms with Crippen molar-refractivity contribution in [2.75, 3.05) is 6.54 Å². The highest BCUT2D eigenvalue weighted by atomic mass is 35.5. The number of carbonyl (C=O) groups is 4. The van der Waals surface area contributed by atoms with E-state index in [2.05, 4.69) is 0 Å². The number of Topliss-reactive ketones (excluding diaryl/α,β-unsaturated/α-hetero) is 1. The molecule has 2 fully saturated rings. The summed E-state index contributed by atoms with van der Waals surface area (Å²) in [7, 11) is 0. The van der Waals surface area contributed by atoms with Crippen molar-refractivity contribution in [3.63, 3.8) is 0 Å². The van der Waals surface area contributed by atoms with Crippen molar-refractivity contribution in [3.8, 4) is 0 Å². The van der Waals surface area contributed by atoms with E-state index in [1.54, 1.807) is 12.1 Å². The van der Waals surface area contributed by atoms with E-state index in [1.165, 1.54) is 12.1 Å². The molecule has 120 valence electrons. The first-order valence-electron chi connectivity index (χ1n) is 7.47. The van der Waals surface area contributed by atoms with Crippen molar-refractivity contribution >= 4 is 35.2 Å². The molecule has 1 saturated carbocycles. The number of benzene rings is 1. The van der Waals surface area contributed by atoms with Crippen LogP contribution in [0.1, 0.15) is 36.0 Å². The van der Waals surface area contributed by atoms with Gasteiger partial charge in [0.1, 0.15) is 0 Å². The Labute approximate surface area is 138 Å². The Bertz CT molecular complexity index is 680. The molecule has 6 nitrogen and oxygen atoms in total. The van der Waals surface area contributed by atoms with Gasteiger partial charge in [-0.05, 0) is 37.1 Å². The predicted octanol–water partition coefficient (Wildman–Crippen LogP) is 2.26. The van der Waals surface area contributed by atoms with Gasteiger partial charge in [-0.15, -0.1) is 0 Å². The molecular weight excluding hydrogens is 320 g/mol. The van der Waals surface area contributed by atoms with Crippen LogP contribution in [0.4, 0.5) is 4.79 Å². The van der Waals surface area contributed by atoms with Crippen LogP contribution in [0, 0.1) is 0 Å². The Morgan fingerprint density at radius 3 is 2.26 bits per heavy atom. The second-order valence-corrected chi connectivity index (χ2v) is 6.15. The molecule has 1 aliphatic carbocycles. The molecule has 23 heavy (non-hydrogen) atoms. The van der Waals surface area contributed by atoms with Crippen molar-refractivity contribution in [3.05, 3.63) is 34.9 Å². The highest BCUT2D eigenvalue weighted by Crippen LogP contribution is 2.27. The summed E-state index contributed by atoms with van der Waals surface area (Å²) in [5, 5.41) is 0.484. The van der Waals surface area contributed by atoms with Crippen LogP contribution in [-0.4, -0.2) is 46.0 Å². The maximum atomic E-state index is 12.4. The van der Waals surface area contributed by atoms with E-state index < -0.39 is 30.2 Å². The van der Waals surface area contributed by atoms with Crippen LogP contribution in [-0.2, 0) is 9.59 Å². The topological polar surface area (TPSA) is 74.8 Å². The monoisotopic (exact) mass is 334 g/mol. The third-order valence-electron chi connectivity index (χ3n) is 4.24. The summed E-state index contributed by atoms with van der Waals surface area (Å²) in [6.45, 7) is -0.436. The van der Waals surface area contributed by atoms with E-state index in [9.17, 15) is 19.2 Å². The first-order chi connectivity index (χ1) is 11.0. The van der Waals surface area contributed by atoms with Gasteiger partial charge in [-0.3, -0.25) is 19.3 Å². The lowest BCUT2D eigenvalue weighted by molar-refractivity contribution is -0.143. The van der Waals surface area contributed by atoms with Crippen LogP contribution in [0.5, 0.6) is 0 Å². The number of hydrogen-bond donors (Lipinski definition) is 0. The number of amides is 4. The standard InChI is InChI=1S/C16H15ClN2O4/c17-11-7-5-10(6-8-11)13(20)9-18-14(21)15(22)19(16(18)23)12-3-1-2-4-12/h5-8,12H,1-4,9H2. The highest BCUT2D eigenvalue weighted by Gasteiger charge is 2.48. The molecule has 2 aliphatic rings. The van der Waals surface area contributed by atoms with Crippen LogP contribution < -0.4 is 0 Å². The number of halogens is 1. The molecule has 0 bridgehead atoms. The van der Waals surface area contributed by atoms with Gasteiger partial charge in [0.2, 0.25) is 0 Å². The van der Waals surface area contributed by atoms with E-state index in [-0.39, 0.29) is 6.04 Å². The van der Waals surface area contributed by atoms with Crippen molar-refractivity contribution < 1.29 is 19.2 Å². The Kier molecular flexibility index (Phi) is 4.17. The third kappa shape index (κ3) is 2.86. The van der Waals surface area contributed by atoms with Gasteiger partial charge in [-0.2, -0.15) is 0 Å². The quantitative estimate of drug-likeness (QED) is 0.481. The average molecular weight is 335 g/mol. The minimum Gasteiger partial charge on any atom is -0.292 e. The van der Waals surface area contributed by atoms with Gasteiger partial charge < -0.3 is 0 Å². The summed E-state index contributed by atoms with van der Waals surface area (Å²) in [6.07, 6.45) is 3.28. The average Bonchev–Trinajstić information content (AvgIpc) is 3.12. The summed E-state index contributed by atoms with van der Waals surface area (Å²) in [6, 6.07) is 5.23. The molecule has 4 amide bonds. The number of carbonyl (C=O) groups excluding carboxylic acids is 4. The Hall–Kier alpha value is -2.21. The lowest BCUT2D eigenvalue weighted by atomic mass is 10.1. The van der Waals surface area contributed by atoms with Gasteiger partial charge in [-0.25, -0.2) is 9.69 Å². The normalized spacial score (nSPS) is 19.1. The first-order valence-corrected chi connectivity index (χ1v) is 7.84. The zero-order valence-corrected chi connectivity index (χ0v) is 13.1. The molecule has 0 unspecified atom stereocenters. The maximum absolute atomic E-state index is 12.4. The Morgan fingerprint density at radius 1 is 1.04 bits per heavy atom. The number of imide groups is 2.